The van der Waals surface area contributed by atoms with Crippen LogP contribution in [0.5, 0.6) is 0 Å². The van der Waals surface area contributed by atoms with Crippen molar-refractivity contribution >= 4 is 0 Å². The zero-order valence-electron chi connectivity index (χ0n) is 19.0. The van der Waals surface area contributed by atoms with Crippen LogP contribution in [0, 0.1) is 5.92 Å². The fraction of sp³-hybridized carbons (Fsp3) is 0.909. The van der Waals surface area contributed by atoms with Gasteiger partial charge in [-0.3, -0.25) is 0 Å². The monoisotopic (exact) mass is 368 g/mol. The second-order valence-corrected chi connectivity index (χ2v) is 9.74. The Bertz CT molecular complexity index is 514. The third-order valence-electron chi connectivity index (χ3n) is 6.52. The summed E-state index contributed by atoms with van der Waals surface area (Å²) in [7, 11) is 0. The molecule has 0 spiro atoms. The Morgan fingerprint density at radius 1 is 0.962 bits per heavy atom. The summed E-state index contributed by atoms with van der Waals surface area (Å²) in [6.45, 7) is 21.0. The molecule has 3 atom stereocenters. The molecule has 154 valence electrons. The first kappa shape index (κ1) is 23.6. The minimum Gasteiger partial charge on any atom is -0.313 e. The van der Waals surface area contributed by atoms with Gasteiger partial charge in [-0.05, 0) is 73.1 Å². The van der Waals surface area contributed by atoms with Crippen LogP contribution in [0.15, 0.2) is 11.6 Å². The minimum absolute atomic E-state index is 0.242. The smallest absolute Gasteiger partial charge is 0.0669 e. The molecule has 0 aromatic heterocycles. The maximum absolute atomic E-state index is 11.0. The SMILES string of the molecule is CC.CCC1=CC(C)(C)N(O)C1(C)CC1(C)CC(CC)CC(C)(C)N1O. The first-order valence-electron chi connectivity index (χ1n) is 10.5. The number of piperidine rings is 1. The molecule has 2 aliphatic rings. The summed E-state index contributed by atoms with van der Waals surface area (Å²) in [5.41, 5.74) is -0.146. The van der Waals surface area contributed by atoms with E-state index in [0.29, 0.717) is 5.92 Å². The quantitative estimate of drug-likeness (QED) is 0.595. The molecular weight excluding hydrogens is 324 g/mol. The van der Waals surface area contributed by atoms with E-state index < -0.39 is 5.54 Å². The Morgan fingerprint density at radius 2 is 1.50 bits per heavy atom. The second-order valence-electron chi connectivity index (χ2n) is 9.74. The van der Waals surface area contributed by atoms with Crippen molar-refractivity contribution in [1.82, 2.24) is 10.1 Å². The van der Waals surface area contributed by atoms with Gasteiger partial charge in [-0.1, -0.05) is 45.8 Å². The Kier molecular flexibility index (Phi) is 7.18. The lowest BCUT2D eigenvalue weighted by Crippen LogP contribution is -2.64. The molecule has 2 heterocycles. The van der Waals surface area contributed by atoms with Crippen molar-refractivity contribution in [2.45, 2.75) is 123 Å². The summed E-state index contributed by atoms with van der Waals surface area (Å²) in [4.78, 5) is 0. The van der Waals surface area contributed by atoms with E-state index in [0.717, 1.165) is 32.1 Å². The fourth-order valence-electron chi connectivity index (χ4n) is 5.57. The maximum atomic E-state index is 11.0. The van der Waals surface area contributed by atoms with Gasteiger partial charge >= 0.3 is 0 Å². The van der Waals surface area contributed by atoms with Crippen LogP contribution < -0.4 is 0 Å². The van der Waals surface area contributed by atoms with Crippen molar-refractivity contribution in [3.8, 4) is 0 Å². The molecule has 3 unspecified atom stereocenters. The first-order valence-corrected chi connectivity index (χ1v) is 10.5. The molecule has 0 aromatic rings. The topological polar surface area (TPSA) is 46.9 Å². The van der Waals surface area contributed by atoms with Gasteiger partial charge in [0.1, 0.15) is 0 Å². The lowest BCUT2D eigenvalue weighted by atomic mass is 9.68. The molecule has 1 fully saturated rings. The highest BCUT2D eigenvalue weighted by molar-refractivity contribution is 5.31. The summed E-state index contributed by atoms with van der Waals surface area (Å²) >= 11 is 0. The molecule has 4 nitrogen and oxygen atoms in total. The number of nitrogens with zero attached hydrogens (tertiary/aromatic N) is 2. The lowest BCUT2D eigenvalue weighted by molar-refractivity contribution is -0.275. The van der Waals surface area contributed by atoms with E-state index in [1.54, 1.807) is 5.06 Å². The Morgan fingerprint density at radius 3 is 1.96 bits per heavy atom. The van der Waals surface area contributed by atoms with Gasteiger partial charge in [0.05, 0.1) is 11.1 Å². The summed E-state index contributed by atoms with van der Waals surface area (Å²) in [5.74, 6) is 0.604. The zero-order valence-corrected chi connectivity index (χ0v) is 19.0. The fourth-order valence-corrected chi connectivity index (χ4v) is 5.57. The average Bonchev–Trinajstić information content (AvgIpc) is 2.74. The van der Waals surface area contributed by atoms with Gasteiger partial charge in [-0.15, -0.1) is 0 Å². The van der Waals surface area contributed by atoms with Gasteiger partial charge in [0.2, 0.25) is 0 Å². The summed E-state index contributed by atoms with van der Waals surface area (Å²) in [5, 5.41) is 25.1. The molecule has 0 radical (unpaired) electrons. The van der Waals surface area contributed by atoms with E-state index in [9.17, 15) is 10.4 Å². The average molecular weight is 369 g/mol. The van der Waals surface area contributed by atoms with Gasteiger partial charge in [0, 0.05) is 11.1 Å². The molecule has 26 heavy (non-hydrogen) atoms. The molecular formula is C22H44N2O2. The lowest BCUT2D eigenvalue weighted by Gasteiger charge is -2.56. The second kappa shape index (κ2) is 7.90. The van der Waals surface area contributed by atoms with E-state index in [1.165, 1.54) is 10.6 Å². The number of hydrogen-bond donors (Lipinski definition) is 2. The van der Waals surface area contributed by atoms with E-state index in [2.05, 4.69) is 47.6 Å². The third-order valence-corrected chi connectivity index (χ3v) is 6.52. The van der Waals surface area contributed by atoms with Crippen LogP contribution in [-0.2, 0) is 0 Å². The molecule has 0 aromatic carbocycles. The van der Waals surface area contributed by atoms with Crippen molar-refractivity contribution in [3.05, 3.63) is 11.6 Å². The van der Waals surface area contributed by atoms with Crippen molar-refractivity contribution in [2.75, 3.05) is 0 Å². The standard InChI is InChI=1S/C20H38N2O2.C2H6/c1-9-15-11-17(3,4)21(23)19(7,12-15)14-20(8)16(10-2)13-18(5,6)22(20)24;1-2/h13,15,23-24H,9-12,14H2,1-8H3;1-2H3. The first-order chi connectivity index (χ1) is 11.8. The van der Waals surface area contributed by atoms with Gasteiger partial charge in [0.25, 0.3) is 0 Å². The highest BCUT2D eigenvalue weighted by Crippen LogP contribution is 2.50. The molecule has 0 aliphatic carbocycles. The van der Waals surface area contributed by atoms with Crippen LogP contribution in [-0.4, -0.2) is 42.7 Å². The number of hydrogen-bond acceptors (Lipinski definition) is 4. The molecule has 2 rings (SSSR count). The van der Waals surface area contributed by atoms with Crippen LogP contribution in [0.1, 0.15) is 101 Å². The van der Waals surface area contributed by atoms with E-state index in [-0.39, 0.29) is 16.6 Å². The highest BCUT2D eigenvalue weighted by atomic mass is 16.5. The van der Waals surface area contributed by atoms with Crippen LogP contribution in [0.4, 0.5) is 0 Å². The Balaban J connectivity index is 0.00000163. The van der Waals surface area contributed by atoms with Crippen LogP contribution in [0.3, 0.4) is 0 Å². The summed E-state index contributed by atoms with van der Waals surface area (Å²) < 4.78 is 0. The van der Waals surface area contributed by atoms with E-state index in [4.69, 9.17) is 0 Å². The van der Waals surface area contributed by atoms with E-state index >= 15 is 0 Å². The normalized spacial score (nSPS) is 37.1. The van der Waals surface area contributed by atoms with Crippen LogP contribution in [0.2, 0.25) is 0 Å². The number of hydroxylamine groups is 4. The molecule has 2 aliphatic heterocycles. The predicted molar refractivity (Wildman–Crippen MR) is 110 cm³/mol. The molecule has 0 amide bonds. The predicted octanol–water partition coefficient (Wildman–Crippen LogP) is 6.03. The van der Waals surface area contributed by atoms with Crippen molar-refractivity contribution in [3.63, 3.8) is 0 Å². The van der Waals surface area contributed by atoms with Crippen LogP contribution >= 0.6 is 0 Å². The maximum Gasteiger partial charge on any atom is 0.0669 e. The van der Waals surface area contributed by atoms with Gasteiger partial charge < -0.3 is 10.4 Å². The highest BCUT2D eigenvalue weighted by Gasteiger charge is 2.55. The third kappa shape index (κ3) is 4.04. The summed E-state index contributed by atoms with van der Waals surface area (Å²) in [6, 6.07) is 0. The minimum atomic E-state index is -0.445. The zero-order chi connectivity index (χ0) is 20.6. The Labute approximate surface area is 162 Å². The molecule has 1 saturated heterocycles. The van der Waals surface area contributed by atoms with Crippen molar-refractivity contribution < 1.29 is 10.4 Å². The molecule has 4 heteroatoms. The summed E-state index contributed by atoms with van der Waals surface area (Å²) in [6.07, 6.45) is 6.94. The van der Waals surface area contributed by atoms with Gasteiger partial charge in [-0.25, -0.2) is 0 Å². The van der Waals surface area contributed by atoms with Crippen molar-refractivity contribution in [1.29, 1.82) is 0 Å². The van der Waals surface area contributed by atoms with Crippen LogP contribution in [0.25, 0.3) is 0 Å². The van der Waals surface area contributed by atoms with Gasteiger partial charge in [0.15, 0.2) is 0 Å². The van der Waals surface area contributed by atoms with E-state index in [1.807, 2.05) is 27.7 Å². The molecule has 0 saturated carbocycles. The number of rotatable bonds is 4. The molecule has 2 N–H and O–H groups in total. The largest absolute Gasteiger partial charge is 0.313 e. The molecule has 0 bridgehead atoms. The Hall–Kier alpha value is -0.420. The van der Waals surface area contributed by atoms with Crippen molar-refractivity contribution in [2.24, 2.45) is 5.92 Å². The van der Waals surface area contributed by atoms with Gasteiger partial charge in [-0.2, -0.15) is 10.1 Å².